The van der Waals surface area contributed by atoms with Crippen molar-refractivity contribution in [1.82, 2.24) is 14.2 Å². The van der Waals surface area contributed by atoms with Gasteiger partial charge in [0.25, 0.3) is 0 Å². The molecule has 0 aliphatic carbocycles. The standard InChI is InChI=1S/C16H14N4OS/c21-11-19-17-10-15(22-19)16-13-8-4-5-9-14(13)20(18-16)12-6-2-1-3-7-12/h1-10,15,21H,11H2. The Hall–Kier alpha value is -2.31. The van der Waals surface area contributed by atoms with Crippen LogP contribution < -0.4 is 0 Å². The molecule has 0 radical (unpaired) electrons. The van der Waals surface area contributed by atoms with Gasteiger partial charge in [-0.2, -0.15) is 10.2 Å². The Morgan fingerprint density at radius 2 is 1.82 bits per heavy atom. The summed E-state index contributed by atoms with van der Waals surface area (Å²) in [5.41, 5.74) is 3.06. The lowest BCUT2D eigenvalue weighted by molar-refractivity contribution is 0.196. The molecule has 2 heterocycles. The van der Waals surface area contributed by atoms with Crippen molar-refractivity contribution in [3.8, 4) is 5.69 Å². The van der Waals surface area contributed by atoms with Crippen LogP contribution in [-0.2, 0) is 0 Å². The molecule has 110 valence electrons. The Balaban J connectivity index is 1.85. The number of fused-ring (bicyclic) bond motifs is 1. The van der Waals surface area contributed by atoms with E-state index in [-0.39, 0.29) is 12.0 Å². The maximum absolute atomic E-state index is 9.19. The first-order chi connectivity index (χ1) is 10.9. The second kappa shape index (κ2) is 5.47. The van der Waals surface area contributed by atoms with Gasteiger partial charge in [0, 0.05) is 11.6 Å². The number of benzene rings is 2. The number of rotatable bonds is 3. The van der Waals surface area contributed by atoms with Crippen molar-refractivity contribution >= 4 is 29.1 Å². The minimum absolute atomic E-state index is 0.0158. The van der Waals surface area contributed by atoms with Crippen molar-refractivity contribution in [2.24, 2.45) is 5.10 Å². The molecule has 1 aliphatic rings. The quantitative estimate of drug-likeness (QED) is 0.756. The zero-order valence-electron chi connectivity index (χ0n) is 11.7. The fourth-order valence-corrected chi connectivity index (χ4v) is 3.40. The highest BCUT2D eigenvalue weighted by atomic mass is 32.2. The highest BCUT2D eigenvalue weighted by molar-refractivity contribution is 7.98. The number of para-hydroxylation sites is 2. The molecular formula is C16H14N4OS. The van der Waals surface area contributed by atoms with Crippen LogP contribution in [0.4, 0.5) is 0 Å². The van der Waals surface area contributed by atoms with Crippen molar-refractivity contribution in [3.63, 3.8) is 0 Å². The van der Waals surface area contributed by atoms with Crippen LogP contribution in [0.15, 0.2) is 59.7 Å². The molecule has 0 saturated heterocycles. The monoisotopic (exact) mass is 310 g/mol. The number of nitrogens with zero attached hydrogens (tertiary/aromatic N) is 4. The highest BCUT2D eigenvalue weighted by Crippen LogP contribution is 2.38. The van der Waals surface area contributed by atoms with Gasteiger partial charge in [0.15, 0.2) is 0 Å². The topological polar surface area (TPSA) is 53.6 Å². The van der Waals surface area contributed by atoms with E-state index in [1.54, 1.807) is 4.41 Å². The zero-order chi connectivity index (χ0) is 14.9. The van der Waals surface area contributed by atoms with Crippen LogP contribution in [-0.4, -0.2) is 32.2 Å². The molecule has 5 nitrogen and oxygen atoms in total. The summed E-state index contributed by atoms with van der Waals surface area (Å²) < 4.78 is 3.52. The number of aliphatic hydroxyl groups is 1. The number of hydrazone groups is 1. The predicted octanol–water partition coefficient (Wildman–Crippen LogP) is 2.97. The third-order valence-corrected chi connectivity index (χ3v) is 4.60. The normalized spacial score (nSPS) is 17.5. The predicted molar refractivity (Wildman–Crippen MR) is 88.8 cm³/mol. The van der Waals surface area contributed by atoms with E-state index < -0.39 is 0 Å². The van der Waals surface area contributed by atoms with Crippen molar-refractivity contribution < 1.29 is 5.11 Å². The summed E-state index contributed by atoms with van der Waals surface area (Å²) in [7, 11) is 0. The molecular weight excluding hydrogens is 296 g/mol. The number of aliphatic hydroxyl groups excluding tert-OH is 1. The van der Waals surface area contributed by atoms with Gasteiger partial charge in [0.1, 0.15) is 12.0 Å². The van der Waals surface area contributed by atoms with E-state index in [1.165, 1.54) is 11.9 Å². The molecule has 1 atom stereocenters. The van der Waals surface area contributed by atoms with Crippen LogP contribution in [0.25, 0.3) is 16.6 Å². The molecule has 6 heteroatoms. The smallest absolute Gasteiger partial charge is 0.143 e. The van der Waals surface area contributed by atoms with E-state index in [2.05, 4.69) is 17.2 Å². The SMILES string of the molecule is OCN1N=CC(c2nn(-c3ccccc3)c3ccccc23)S1. The van der Waals surface area contributed by atoms with E-state index >= 15 is 0 Å². The second-order valence-corrected chi connectivity index (χ2v) is 6.07. The molecule has 0 fully saturated rings. The molecule has 4 rings (SSSR count). The molecule has 3 aromatic rings. The number of aromatic nitrogens is 2. The van der Waals surface area contributed by atoms with Crippen molar-refractivity contribution in [1.29, 1.82) is 0 Å². The first-order valence-electron chi connectivity index (χ1n) is 6.99. The lowest BCUT2D eigenvalue weighted by Gasteiger charge is -2.09. The Morgan fingerprint density at radius 1 is 1.05 bits per heavy atom. The van der Waals surface area contributed by atoms with Crippen LogP contribution in [0.2, 0.25) is 0 Å². The third kappa shape index (κ3) is 2.17. The minimum Gasteiger partial charge on any atom is -0.374 e. The van der Waals surface area contributed by atoms with Gasteiger partial charge >= 0.3 is 0 Å². The maximum atomic E-state index is 9.19. The summed E-state index contributed by atoms with van der Waals surface area (Å²) in [6.45, 7) is -0.102. The fraction of sp³-hybridized carbons (Fsp3) is 0.125. The first-order valence-corrected chi connectivity index (χ1v) is 7.83. The van der Waals surface area contributed by atoms with E-state index in [1.807, 2.05) is 53.4 Å². The van der Waals surface area contributed by atoms with E-state index in [0.29, 0.717) is 0 Å². The molecule has 1 aliphatic heterocycles. The van der Waals surface area contributed by atoms with E-state index in [0.717, 1.165) is 22.3 Å². The molecule has 1 N–H and O–H groups in total. The van der Waals surface area contributed by atoms with Gasteiger partial charge in [-0.15, -0.1) is 0 Å². The molecule has 1 aromatic heterocycles. The molecule has 1 unspecified atom stereocenters. The van der Waals surface area contributed by atoms with Crippen LogP contribution in [0, 0.1) is 0 Å². The second-order valence-electron chi connectivity index (χ2n) is 4.93. The summed E-state index contributed by atoms with van der Waals surface area (Å²) in [6, 6.07) is 18.3. The summed E-state index contributed by atoms with van der Waals surface area (Å²) in [6.07, 6.45) is 1.82. The maximum Gasteiger partial charge on any atom is 0.143 e. The van der Waals surface area contributed by atoms with Gasteiger partial charge in [-0.3, -0.25) is 0 Å². The van der Waals surface area contributed by atoms with Gasteiger partial charge in [0.05, 0.1) is 16.9 Å². The van der Waals surface area contributed by atoms with E-state index in [9.17, 15) is 5.11 Å². The van der Waals surface area contributed by atoms with E-state index in [4.69, 9.17) is 5.10 Å². The van der Waals surface area contributed by atoms with Gasteiger partial charge in [-0.1, -0.05) is 36.4 Å². The van der Waals surface area contributed by atoms with Crippen LogP contribution in [0.5, 0.6) is 0 Å². The Morgan fingerprint density at radius 3 is 2.59 bits per heavy atom. The van der Waals surface area contributed by atoms with Gasteiger partial charge in [0.2, 0.25) is 0 Å². The van der Waals surface area contributed by atoms with Crippen molar-refractivity contribution in [2.45, 2.75) is 5.25 Å². The van der Waals surface area contributed by atoms with Crippen LogP contribution in [0.1, 0.15) is 10.9 Å². The molecule has 0 spiro atoms. The summed E-state index contributed by atoms with van der Waals surface area (Å²) in [5, 5.41) is 19.3. The zero-order valence-corrected chi connectivity index (χ0v) is 12.5. The first kappa shape index (κ1) is 13.4. The minimum atomic E-state index is -0.102. The fourth-order valence-electron chi connectivity index (χ4n) is 2.58. The Bertz CT molecular complexity index is 831. The Kier molecular flexibility index (Phi) is 3.32. The van der Waals surface area contributed by atoms with Crippen molar-refractivity contribution in [2.75, 3.05) is 6.73 Å². The molecule has 0 saturated carbocycles. The molecule has 0 bridgehead atoms. The van der Waals surface area contributed by atoms with Gasteiger partial charge in [-0.25, -0.2) is 9.10 Å². The average Bonchev–Trinajstić information content (AvgIpc) is 3.20. The largest absolute Gasteiger partial charge is 0.374 e. The lowest BCUT2D eigenvalue weighted by Crippen LogP contribution is -2.05. The summed E-state index contributed by atoms with van der Waals surface area (Å²) in [5.74, 6) is 0. The third-order valence-electron chi connectivity index (χ3n) is 3.57. The van der Waals surface area contributed by atoms with Crippen LogP contribution in [0.3, 0.4) is 0 Å². The number of hydrogen-bond acceptors (Lipinski definition) is 5. The van der Waals surface area contributed by atoms with Crippen LogP contribution >= 0.6 is 11.9 Å². The molecule has 22 heavy (non-hydrogen) atoms. The summed E-state index contributed by atoms with van der Waals surface area (Å²) >= 11 is 1.47. The lowest BCUT2D eigenvalue weighted by atomic mass is 10.1. The summed E-state index contributed by atoms with van der Waals surface area (Å²) in [4.78, 5) is 0. The molecule has 2 aromatic carbocycles. The molecule has 0 amide bonds. The average molecular weight is 310 g/mol. The van der Waals surface area contributed by atoms with Gasteiger partial charge < -0.3 is 5.11 Å². The Labute approximate surface area is 132 Å². The highest BCUT2D eigenvalue weighted by Gasteiger charge is 2.25. The van der Waals surface area contributed by atoms with Gasteiger partial charge in [-0.05, 0) is 30.1 Å². The van der Waals surface area contributed by atoms with Crippen molar-refractivity contribution in [3.05, 3.63) is 60.3 Å². The number of hydrogen-bond donors (Lipinski definition) is 1.